The molecule has 1 saturated heterocycles. The van der Waals surface area contributed by atoms with E-state index in [0.717, 1.165) is 24.2 Å². The van der Waals surface area contributed by atoms with Gasteiger partial charge in [0.1, 0.15) is 12.1 Å². The van der Waals surface area contributed by atoms with E-state index in [1.54, 1.807) is 0 Å². The minimum atomic E-state index is -0.908. The van der Waals surface area contributed by atoms with Crippen molar-refractivity contribution in [2.24, 2.45) is 11.7 Å². The van der Waals surface area contributed by atoms with Crippen LogP contribution in [-0.2, 0) is 9.59 Å². The molecule has 2 aliphatic rings. The van der Waals surface area contributed by atoms with Gasteiger partial charge in [0, 0.05) is 5.69 Å². The second-order valence-corrected chi connectivity index (χ2v) is 7.45. The molecular formula is C18H21ClN4O4. The molecule has 1 aliphatic carbocycles. The molecule has 0 radical (unpaired) electrons. The first-order chi connectivity index (χ1) is 12.7. The van der Waals surface area contributed by atoms with Crippen LogP contribution in [0.3, 0.4) is 0 Å². The van der Waals surface area contributed by atoms with Gasteiger partial charge < -0.3 is 16.4 Å². The van der Waals surface area contributed by atoms with E-state index in [1.165, 1.54) is 18.2 Å². The third kappa shape index (κ3) is 3.49. The van der Waals surface area contributed by atoms with Crippen molar-refractivity contribution in [3.8, 4) is 0 Å². The molecule has 2 fully saturated rings. The lowest BCUT2D eigenvalue weighted by Gasteiger charge is -2.36. The van der Waals surface area contributed by atoms with Gasteiger partial charge in [-0.1, -0.05) is 31.4 Å². The van der Waals surface area contributed by atoms with Crippen LogP contribution in [0.4, 0.5) is 10.5 Å². The summed E-state index contributed by atoms with van der Waals surface area (Å²) in [6.07, 6.45) is 3.31. The van der Waals surface area contributed by atoms with Crippen LogP contribution in [0.2, 0.25) is 5.02 Å². The number of urea groups is 1. The summed E-state index contributed by atoms with van der Waals surface area (Å²) in [6, 6.07) is 3.73. The van der Waals surface area contributed by atoms with Crippen molar-refractivity contribution in [1.82, 2.24) is 10.2 Å². The predicted octanol–water partition coefficient (Wildman–Crippen LogP) is 1.88. The standard InChI is InChI=1S/C18H21ClN4O4/c1-10-4-2-3-7-18(10)16(26)23(17(27)22-18)9-14(24)21-11-5-6-13(19)12(8-11)15(20)25/h5-6,8,10H,2-4,7,9H2,1H3,(H2,20,25)(H,21,24)(H,22,27). The van der Waals surface area contributed by atoms with Crippen LogP contribution in [0, 0.1) is 5.92 Å². The first-order valence-corrected chi connectivity index (χ1v) is 9.15. The number of halogens is 1. The molecule has 1 heterocycles. The number of anilines is 1. The minimum Gasteiger partial charge on any atom is -0.366 e. The summed E-state index contributed by atoms with van der Waals surface area (Å²) < 4.78 is 0. The highest BCUT2D eigenvalue weighted by molar-refractivity contribution is 6.34. The smallest absolute Gasteiger partial charge is 0.325 e. The second-order valence-electron chi connectivity index (χ2n) is 7.05. The molecule has 5 amide bonds. The number of primary amides is 1. The number of hydrogen-bond acceptors (Lipinski definition) is 4. The van der Waals surface area contributed by atoms with Crippen molar-refractivity contribution in [3.05, 3.63) is 28.8 Å². The van der Waals surface area contributed by atoms with E-state index < -0.39 is 29.9 Å². The Bertz CT molecular complexity index is 828. The van der Waals surface area contributed by atoms with E-state index in [1.807, 2.05) is 6.92 Å². The lowest BCUT2D eigenvalue weighted by Crippen LogP contribution is -2.54. The van der Waals surface area contributed by atoms with Gasteiger partial charge in [0.15, 0.2) is 0 Å². The Balaban J connectivity index is 1.71. The lowest BCUT2D eigenvalue weighted by molar-refractivity contribution is -0.136. The molecule has 4 N–H and O–H groups in total. The fourth-order valence-corrected chi connectivity index (χ4v) is 3.99. The quantitative estimate of drug-likeness (QED) is 0.677. The zero-order chi connectivity index (χ0) is 19.8. The summed E-state index contributed by atoms with van der Waals surface area (Å²) in [6.45, 7) is 1.54. The summed E-state index contributed by atoms with van der Waals surface area (Å²) in [7, 11) is 0. The molecule has 1 aliphatic heterocycles. The Kier molecular flexibility index (Phi) is 5.10. The average molecular weight is 393 g/mol. The highest BCUT2D eigenvalue weighted by Crippen LogP contribution is 2.38. The Morgan fingerprint density at radius 1 is 1.37 bits per heavy atom. The van der Waals surface area contributed by atoms with Gasteiger partial charge in [0.2, 0.25) is 11.8 Å². The van der Waals surface area contributed by atoms with Crippen molar-refractivity contribution in [2.75, 3.05) is 11.9 Å². The van der Waals surface area contributed by atoms with Crippen molar-refractivity contribution >= 4 is 41.0 Å². The molecule has 144 valence electrons. The predicted molar refractivity (Wildman–Crippen MR) is 99.2 cm³/mol. The topological polar surface area (TPSA) is 122 Å². The largest absolute Gasteiger partial charge is 0.366 e. The van der Waals surface area contributed by atoms with E-state index in [-0.39, 0.29) is 22.4 Å². The van der Waals surface area contributed by atoms with Gasteiger partial charge in [-0.25, -0.2) is 4.79 Å². The fraction of sp³-hybridized carbons (Fsp3) is 0.444. The molecule has 2 atom stereocenters. The Hall–Kier alpha value is -2.61. The summed E-state index contributed by atoms with van der Waals surface area (Å²) in [5.74, 6) is -1.62. The normalized spacial score (nSPS) is 24.8. The van der Waals surface area contributed by atoms with Gasteiger partial charge in [0.05, 0.1) is 10.6 Å². The summed E-state index contributed by atoms with van der Waals surface area (Å²) in [5.41, 5.74) is 4.69. The highest BCUT2D eigenvalue weighted by Gasteiger charge is 2.55. The fourth-order valence-electron chi connectivity index (χ4n) is 3.77. The first kappa shape index (κ1) is 19.2. The number of amides is 5. The van der Waals surface area contributed by atoms with Crippen LogP contribution in [-0.4, -0.2) is 40.7 Å². The number of rotatable bonds is 4. The number of hydrogen-bond donors (Lipinski definition) is 3. The molecule has 8 nitrogen and oxygen atoms in total. The summed E-state index contributed by atoms with van der Waals surface area (Å²) in [5, 5.41) is 5.52. The number of nitrogens with zero attached hydrogens (tertiary/aromatic N) is 1. The molecule has 0 bridgehead atoms. The number of imide groups is 1. The Morgan fingerprint density at radius 2 is 2.11 bits per heavy atom. The maximum Gasteiger partial charge on any atom is 0.325 e. The van der Waals surface area contributed by atoms with Crippen LogP contribution in [0.5, 0.6) is 0 Å². The van der Waals surface area contributed by atoms with Gasteiger partial charge in [-0.2, -0.15) is 0 Å². The number of nitrogens with one attached hydrogen (secondary N) is 2. The molecule has 2 unspecified atom stereocenters. The van der Waals surface area contributed by atoms with Crippen LogP contribution >= 0.6 is 11.6 Å². The molecule has 1 spiro atoms. The van der Waals surface area contributed by atoms with E-state index in [9.17, 15) is 19.2 Å². The maximum atomic E-state index is 12.9. The molecule has 1 saturated carbocycles. The van der Waals surface area contributed by atoms with E-state index in [4.69, 9.17) is 17.3 Å². The highest BCUT2D eigenvalue weighted by atomic mass is 35.5. The first-order valence-electron chi connectivity index (χ1n) is 8.78. The monoisotopic (exact) mass is 392 g/mol. The number of carbonyl (C=O) groups is 4. The van der Waals surface area contributed by atoms with Crippen LogP contribution in [0.25, 0.3) is 0 Å². The summed E-state index contributed by atoms with van der Waals surface area (Å²) >= 11 is 5.88. The Morgan fingerprint density at radius 3 is 2.78 bits per heavy atom. The lowest BCUT2D eigenvalue weighted by atomic mass is 9.73. The number of benzene rings is 1. The van der Waals surface area contributed by atoms with Crippen molar-refractivity contribution in [2.45, 2.75) is 38.1 Å². The minimum absolute atomic E-state index is 0.0187. The van der Waals surface area contributed by atoms with Gasteiger partial charge in [-0.3, -0.25) is 19.3 Å². The second kappa shape index (κ2) is 7.19. The van der Waals surface area contributed by atoms with Gasteiger partial charge in [0.25, 0.3) is 5.91 Å². The van der Waals surface area contributed by atoms with Gasteiger partial charge in [-0.05, 0) is 37.0 Å². The van der Waals surface area contributed by atoms with Crippen molar-refractivity contribution in [1.29, 1.82) is 0 Å². The molecule has 1 aromatic rings. The zero-order valence-electron chi connectivity index (χ0n) is 14.9. The maximum absolute atomic E-state index is 12.9. The van der Waals surface area contributed by atoms with E-state index in [0.29, 0.717) is 12.1 Å². The molecule has 9 heteroatoms. The zero-order valence-corrected chi connectivity index (χ0v) is 15.6. The Labute approximate surface area is 161 Å². The summed E-state index contributed by atoms with van der Waals surface area (Å²) in [4.78, 5) is 49.8. The van der Waals surface area contributed by atoms with Crippen molar-refractivity contribution in [3.63, 3.8) is 0 Å². The molecule has 3 rings (SSSR count). The average Bonchev–Trinajstić information content (AvgIpc) is 2.84. The molecule has 1 aromatic carbocycles. The van der Waals surface area contributed by atoms with Gasteiger partial charge >= 0.3 is 6.03 Å². The third-order valence-electron chi connectivity index (χ3n) is 5.32. The van der Waals surface area contributed by atoms with Crippen LogP contribution < -0.4 is 16.4 Å². The third-order valence-corrected chi connectivity index (χ3v) is 5.65. The number of carbonyl (C=O) groups excluding carboxylic acids is 4. The van der Waals surface area contributed by atoms with Crippen LogP contribution in [0.15, 0.2) is 18.2 Å². The van der Waals surface area contributed by atoms with E-state index in [2.05, 4.69) is 10.6 Å². The molecule has 27 heavy (non-hydrogen) atoms. The van der Waals surface area contributed by atoms with E-state index >= 15 is 0 Å². The molecular weight excluding hydrogens is 372 g/mol. The number of nitrogens with two attached hydrogens (primary N) is 1. The SMILES string of the molecule is CC1CCCCC12NC(=O)N(CC(=O)Nc1ccc(Cl)c(C(N)=O)c1)C2=O. The van der Waals surface area contributed by atoms with Crippen LogP contribution in [0.1, 0.15) is 43.0 Å². The molecule has 0 aromatic heterocycles. The van der Waals surface area contributed by atoms with Crippen molar-refractivity contribution < 1.29 is 19.2 Å². The van der Waals surface area contributed by atoms with Gasteiger partial charge in [-0.15, -0.1) is 0 Å².